The molecule has 90 valence electrons. The van der Waals surface area contributed by atoms with Crippen molar-refractivity contribution in [2.75, 3.05) is 12.0 Å². The Morgan fingerprint density at radius 1 is 1.38 bits per heavy atom. The molecule has 1 unspecified atom stereocenters. The predicted molar refractivity (Wildman–Crippen MR) is 56.1 cm³/mol. The maximum atomic E-state index is 13.3. The zero-order chi connectivity index (χ0) is 12.3. The van der Waals surface area contributed by atoms with Gasteiger partial charge in [-0.3, -0.25) is 11.3 Å². The van der Waals surface area contributed by atoms with Crippen LogP contribution in [0.3, 0.4) is 0 Å². The second-order valence-corrected chi connectivity index (χ2v) is 5.63. The van der Waals surface area contributed by atoms with Crippen molar-refractivity contribution in [3.05, 3.63) is 35.4 Å². The first-order valence-electron chi connectivity index (χ1n) is 4.43. The summed E-state index contributed by atoms with van der Waals surface area (Å²) in [5, 5.41) is 0. The number of rotatable bonds is 4. The van der Waals surface area contributed by atoms with Crippen LogP contribution in [0.5, 0.6) is 0 Å². The smallest absolute Gasteiger partial charge is 0.149 e. The minimum atomic E-state index is -3.39. The van der Waals surface area contributed by atoms with Gasteiger partial charge in [0.25, 0.3) is 0 Å². The second-order valence-electron chi connectivity index (χ2n) is 3.45. The molecule has 1 rings (SSSR count). The van der Waals surface area contributed by atoms with E-state index in [2.05, 4.69) is 5.43 Å². The molecule has 0 saturated carbocycles. The summed E-state index contributed by atoms with van der Waals surface area (Å²) in [5.74, 6) is 2.98. The van der Waals surface area contributed by atoms with Gasteiger partial charge in [-0.2, -0.15) is 0 Å². The fourth-order valence-electron chi connectivity index (χ4n) is 1.36. The summed E-state index contributed by atoms with van der Waals surface area (Å²) in [6, 6.07) is 2.19. The molecule has 0 spiro atoms. The van der Waals surface area contributed by atoms with Crippen LogP contribution >= 0.6 is 0 Å². The lowest BCUT2D eigenvalue weighted by Gasteiger charge is -2.16. The molecule has 3 N–H and O–H groups in total. The van der Waals surface area contributed by atoms with Gasteiger partial charge >= 0.3 is 0 Å². The van der Waals surface area contributed by atoms with Gasteiger partial charge in [0.15, 0.2) is 0 Å². The molecule has 0 radical (unpaired) electrons. The van der Waals surface area contributed by atoms with Crippen molar-refractivity contribution in [1.29, 1.82) is 0 Å². The van der Waals surface area contributed by atoms with Crippen LogP contribution < -0.4 is 11.3 Å². The van der Waals surface area contributed by atoms with Crippen LogP contribution in [0.25, 0.3) is 0 Å². The fourth-order valence-corrected chi connectivity index (χ4v) is 2.23. The van der Waals surface area contributed by atoms with Crippen molar-refractivity contribution < 1.29 is 17.2 Å². The fraction of sp³-hybridized carbons (Fsp3) is 0.333. The van der Waals surface area contributed by atoms with Gasteiger partial charge in [0.2, 0.25) is 0 Å². The molecule has 0 heterocycles. The van der Waals surface area contributed by atoms with E-state index >= 15 is 0 Å². The Labute approximate surface area is 92.3 Å². The number of hydrazine groups is 1. The lowest BCUT2D eigenvalue weighted by Crippen LogP contribution is -2.34. The first kappa shape index (κ1) is 13.0. The number of benzene rings is 1. The number of nitrogens with one attached hydrogen (secondary N) is 1. The molecule has 0 saturated heterocycles. The van der Waals surface area contributed by atoms with Crippen LogP contribution in [0.15, 0.2) is 18.2 Å². The normalized spacial score (nSPS) is 13.8. The summed E-state index contributed by atoms with van der Waals surface area (Å²) in [7, 11) is -3.39. The summed E-state index contributed by atoms with van der Waals surface area (Å²) < 4.78 is 48.8. The molecule has 7 heteroatoms. The van der Waals surface area contributed by atoms with Crippen LogP contribution in [0.1, 0.15) is 11.6 Å². The highest BCUT2D eigenvalue weighted by molar-refractivity contribution is 7.90. The third-order valence-corrected chi connectivity index (χ3v) is 2.96. The standard InChI is InChI=1S/C9H12F2N2O2S/c1-16(14,15)5-8(13-12)9-6(10)3-2-4-7(9)11/h2-4,8,13H,5,12H2,1H3. The van der Waals surface area contributed by atoms with Crippen molar-refractivity contribution in [3.63, 3.8) is 0 Å². The Hall–Kier alpha value is -1.05. The topological polar surface area (TPSA) is 72.2 Å². The van der Waals surface area contributed by atoms with Gasteiger partial charge in [0.05, 0.1) is 11.8 Å². The van der Waals surface area contributed by atoms with E-state index in [0.29, 0.717) is 0 Å². The molecule has 1 aromatic rings. The van der Waals surface area contributed by atoms with E-state index < -0.39 is 33.3 Å². The molecule has 0 aliphatic heterocycles. The van der Waals surface area contributed by atoms with Crippen molar-refractivity contribution in [3.8, 4) is 0 Å². The third-order valence-electron chi connectivity index (χ3n) is 2.02. The molecule has 0 aromatic heterocycles. The van der Waals surface area contributed by atoms with Gasteiger partial charge in [0.1, 0.15) is 21.5 Å². The Morgan fingerprint density at radius 2 is 1.88 bits per heavy atom. The van der Waals surface area contributed by atoms with Gasteiger partial charge in [0, 0.05) is 11.8 Å². The average Bonchev–Trinajstić information content (AvgIpc) is 2.14. The Kier molecular flexibility index (Phi) is 3.95. The van der Waals surface area contributed by atoms with Gasteiger partial charge in [-0.05, 0) is 12.1 Å². The largest absolute Gasteiger partial charge is 0.271 e. The molecule has 0 bridgehead atoms. The van der Waals surface area contributed by atoms with Gasteiger partial charge < -0.3 is 0 Å². The third kappa shape index (κ3) is 3.22. The van der Waals surface area contributed by atoms with Gasteiger partial charge in [-0.1, -0.05) is 6.07 Å². The van der Waals surface area contributed by atoms with Crippen LogP contribution in [0.2, 0.25) is 0 Å². The van der Waals surface area contributed by atoms with Crippen molar-refractivity contribution in [2.24, 2.45) is 5.84 Å². The van der Waals surface area contributed by atoms with Crippen molar-refractivity contribution >= 4 is 9.84 Å². The molecule has 0 aliphatic carbocycles. The van der Waals surface area contributed by atoms with Crippen molar-refractivity contribution in [1.82, 2.24) is 5.43 Å². The number of halogens is 2. The van der Waals surface area contributed by atoms with Crippen molar-refractivity contribution in [2.45, 2.75) is 6.04 Å². The maximum absolute atomic E-state index is 13.3. The molecule has 16 heavy (non-hydrogen) atoms. The summed E-state index contributed by atoms with van der Waals surface area (Å²) in [4.78, 5) is 0. The summed E-state index contributed by atoms with van der Waals surface area (Å²) >= 11 is 0. The Balaban J connectivity index is 3.14. The summed E-state index contributed by atoms with van der Waals surface area (Å²) in [5.41, 5.74) is 1.73. The maximum Gasteiger partial charge on any atom is 0.149 e. The van der Waals surface area contributed by atoms with Crippen LogP contribution in [0.4, 0.5) is 8.78 Å². The van der Waals surface area contributed by atoms with E-state index in [9.17, 15) is 17.2 Å². The number of hydrogen-bond acceptors (Lipinski definition) is 4. The highest BCUT2D eigenvalue weighted by Gasteiger charge is 2.22. The van der Waals surface area contributed by atoms with E-state index in [0.717, 1.165) is 18.4 Å². The molecule has 1 atom stereocenters. The monoisotopic (exact) mass is 250 g/mol. The molecular weight excluding hydrogens is 238 g/mol. The van der Waals surface area contributed by atoms with E-state index in [1.54, 1.807) is 0 Å². The van der Waals surface area contributed by atoms with Gasteiger partial charge in [-0.25, -0.2) is 17.2 Å². The number of sulfone groups is 1. The molecule has 0 aliphatic rings. The van der Waals surface area contributed by atoms with E-state index in [-0.39, 0.29) is 5.56 Å². The SMILES string of the molecule is CS(=O)(=O)CC(NN)c1c(F)cccc1F. The molecular formula is C9H12F2N2O2S. The first-order valence-corrected chi connectivity index (χ1v) is 6.49. The second kappa shape index (κ2) is 4.86. The summed E-state index contributed by atoms with van der Waals surface area (Å²) in [6.45, 7) is 0. The zero-order valence-electron chi connectivity index (χ0n) is 8.57. The number of nitrogens with two attached hydrogens (primary N) is 1. The molecule has 0 amide bonds. The van der Waals surface area contributed by atoms with E-state index in [4.69, 9.17) is 5.84 Å². The Bertz CT molecular complexity index is 456. The highest BCUT2D eigenvalue weighted by Crippen LogP contribution is 2.21. The zero-order valence-corrected chi connectivity index (χ0v) is 9.39. The highest BCUT2D eigenvalue weighted by atomic mass is 32.2. The Morgan fingerprint density at radius 3 is 2.25 bits per heavy atom. The first-order chi connectivity index (χ1) is 7.35. The van der Waals surface area contributed by atoms with E-state index in [1.807, 2.05) is 0 Å². The quantitative estimate of drug-likeness (QED) is 0.603. The number of hydrogen-bond donors (Lipinski definition) is 2. The van der Waals surface area contributed by atoms with Crippen LogP contribution in [-0.2, 0) is 9.84 Å². The van der Waals surface area contributed by atoms with Crippen LogP contribution in [-0.4, -0.2) is 20.4 Å². The molecule has 0 fully saturated rings. The summed E-state index contributed by atoms with van der Waals surface area (Å²) in [6.07, 6.45) is 0.968. The lowest BCUT2D eigenvalue weighted by molar-refractivity contribution is 0.493. The van der Waals surface area contributed by atoms with Gasteiger partial charge in [-0.15, -0.1) is 0 Å². The van der Waals surface area contributed by atoms with E-state index in [1.165, 1.54) is 6.07 Å². The minimum Gasteiger partial charge on any atom is -0.271 e. The van der Waals surface area contributed by atoms with Crippen LogP contribution in [0, 0.1) is 11.6 Å². The minimum absolute atomic E-state index is 0.365. The molecule has 4 nitrogen and oxygen atoms in total. The molecule has 1 aromatic carbocycles. The lowest BCUT2D eigenvalue weighted by atomic mass is 10.1. The average molecular weight is 250 g/mol. The predicted octanol–water partition coefficient (Wildman–Crippen LogP) is 0.514.